The maximum absolute atomic E-state index is 13.0. The zero-order valence-corrected chi connectivity index (χ0v) is 11.8. The highest BCUT2D eigenvalue weighted by molar-refractivity contribution is 9.10. The molecule has 0 atom stereocenters. The van der Waals surface area contributed by atoms with E-state index >= 15 is 0 Å². The van der Waals surface area contributed by atoms with E-state index in [1.807, 2.05) is 0 Å². The number of nitrogen functional groups attached to an aromatic ring is 1. The number of benzene rings is 2. The fourth-order valence-electron chi connectivity index (χ4n) is 1.63. The molecule has 0 radical (unpaired) electrons. The van der Waals surface area contributed by atoms with Crippen molar-refractivity contribution in [1.29, 1.82) is 0 Å². The fraction of sp³-hybridized carbons (Fsp3) is 0.0714. The number of ether oxygens (including phenoxy) is 1. The number of hydrogen-bond donors (Lipinski definition) is 1. The van der Waals surface area contributed by atoms with Gasteiger partial charge in [0.05, 0.1) is 10.0 Å². The summed E-state index contributed by atoms with van der Waals surface area (Å²) in [5.41, 5.74) is 6.53. The van der Waals surface area contributed by atoms with Crippen LogP contribution >= 0.6 is 15.9 Å². The van der Waals surface area contributed by atoms with Gasteiger partial charge < -0.3 is 10.5 Å². The summed E-state index contributed by atoms with van der Waals surface area (Å²) in [5.74, 6) is -2.07. The van der Waals surface area contributed by atoms with Crippen LogP contribution < -0.4 is 5.73 Å². The number of esters is 1. The summed E-state index contributed by atoms with van der Waals surface area (Å²) in [6.45, 7) is -0.227. The molecule has 0 bridgehead atoms. The first-order valence-corrected chi connectivity index (χ1v) is 6.43. The summed E-state index contributed by atoms with van der Waals surface area (Å²) in [4.78, 5) is 11.9. The number of carbonyl (C=O) groups is 1. The lowest BCUT2D eigenvalue weighted by atomic mass is 10.2. The summed E-state index contributed by atoms with van der Waals surface area (Å²) in [6, 6.07) is 7.73. The van der Waals surface area contributed by atoms with Crippen molar-refractivity contribution < 1.29 is 18.3 Å². The van der Waals surface area contributed by atoms with Gasteiger partial charge in [0.2, 0.25) is 0 Å². The maximum atomic E-state index is 13.0. The number of rotatable bonds is 3. The Balaban J connectivity index is 2.10. The molecule has 0 unspecified atom stereocenters. The van der Waals surface area contributed by atoms with E-state index in [9.17, 15) is 13.6 Å². The van der Waals surface area contributed by atoms with Crippen LogP contribution in [0.4, 0.5) is 14.5 Å². The van der Waals surface area contributed by atoms with Crippen molar-refractivity contribution in [2.75, 3.05) is 5.73 Å². The molecular weight excluding hydrogens is 332 g/mol. The van der Waals surface area contributed by atoms with Crippen LogP contribution in [0.3, 0.4) is 0 Å². The molecule has 0 aliphatic carbocycles. The minimum absolute atomic E-state index is 0.227. The van der Waals surface area contributed by atoms with Crippen molar-refractivity contribution in [2.45, 2.75) is 6.61 Å². The number of carbonyl (C=O) groups excluding carboxylic acids is 1. The number of anilines is 1. The predicted molar refractivity (Wildman–Crippen MR) is 74.0 cm³/mol. The van der Waals surface area contributed by atoms with Crippen molar-refractivity contribution in [3.63, 3.8) is 0 Å². The molecule has 2 aromatic carbocycles. The van der Waals surface area contributed by atoms with E-state index in [1.165, 1.54) is 6.07 Å². The number of nitrogens with two attached hydrogens (primary N) is 1. The number of halogens is 3. The largest absolute Gasteiger partial charge is 0.457 e. The zero-order chi connectivity index (χ0) is 14.7. The normalized spacial score (nSPS) is 10.3. The molecule has 2 N–H and O–H groups in total. The first-order chi connectivity index (χ1) is 9.47. The second kappa shape index (κ2) is 6.00. The highest BCUT2D eigenvalue weighted by atomic mass is 79.9. The van der Waals surface area contributed by atoms with Gasteiger partial charge >= 0.3 is 5.97 Å². The van der Waals surface area contributed by atoms with E-state index in [1.54, 1.807) is 12.1 Å². The van der Waals surface area contributed by atoms with Crippen LogP contribution in [0.15, 0.2) is 40.9 Å². The topological polar surface area (TPSA) is 52.3 Å². The maximum Gasteiger partial charge on any atom is 0.339 e. The van der Waals surface area contributed by atoms with E-state index < -0.39 is 17.6 Å². The molecule has 0 fully saturated rings. The Morgan fingerprint density at radius 1 is 1.20 bits per heavy atom. The van der Waals surface area contributed by atoms with Gasteiger partial charge in [-0.05, 0) is 45.8 Å². The van der Waals surface area contributed by atoms with E-state index in [4.69, 9.17) is 10.5 Å². The van der Waals surface area contributed by atoms with Crippen molar-refractivity contribution in [3.05, 3.63) is 63.6 Å². The Morgan fingerprint density at radius 2 is 1.85 bits per heavy atom. The molecule has 0 amide bonds. The lowest BCUT2D eigenvalue weighted by Gasteiger charge is -2.08. The minimum atomic E-state index is -0.721. The first-order valence-electron chi connectivity index (χ1n) is 5.63. The molecule has 6 heteroatoms. The van der Waals surface area contributed by atoms with Crippen LogP contribution in [0, 0.1) is 11.6 Å². The van der Waals surface area contributed by atoms with Gasteiger partial charge in [-0.15, -0.1) is 0 Å². The molecular formula is C14H10BrF2NO2. The lowest BCUT2D eigenvalue weighted by Crippen LogP contribution is -2.07. The van der Waals surface area contributed by atoms with Crippen LogP contribution in [0.1, 0.15) is 15.9 Å². The molecule has 2 aromatic rings. The van der Waals surface area contributed by atoms with Gasteiger partial charge in [-0.2, -0.15) is 0 Å². The molecule has 0 aliphatic heterocycles. The van der Waals surface area contributed by atoms with Crippen molar-refractivity contribution in [2.24, 2.45) is 0 Å². The Hall–Kier alpha value is -1.95. The molecule has 0 aliphatic rings. The molecule has 0 spiro atoms. The van der Waals surface area contributed by atoms with E-state index in [0.717, 1.165) is 18.2 Å². The summed E-state index contributed by atoms with van der Waals surface area (Å²) >= 11 is 3.18. The van der Waals surface area contributed by atoms with E-state index in [0.29, 0.717) is 10.2 Å². The van der Waals surface area contributed by atoms with Crippen LogP contribution in [-0.4, -0.2) is 5.97 Å². The summed E-state index contributed by atoms with van der Waals surface area (Å²) in [6.07, 6.45) is 0. The fourth-order valence-corrected chi connectivity index (χ4v) is 2.05. The minimum Gasteiger partial charge on any atom is -0.457 e. The molecule has 0 saturated heterocycles. The quantitative estimate of drug-likeness (QED) is 0.684. The van der Waals surface area contributed by atoms with Gasteiger partial charge in [0.25, 0.3) is 0 Å². The Labute approximate surface area is 122 Å². The van der Waals surface area contributed by atoms with Gasteiger partial charge in [-0.3, -0.25) is 0 Å². The average Bonchev–Trinajstić information content (AvgIpc) is 2.38. The number of hydrogen-bond acceptors (Lipinski definition) is 3. The smallest absolute Gasteiger partial charge is 0.339 e. The van der Waals surface area contributed by atoms with Gasteiger partial charge in [-0.25, -0.2) is 13.6 Å². The Kier molecular flexibility index (Phi) is 4.34. The molecule has 2 rings (SSSR count). The summed E-state index contributed by atoms with van der Waals surface area (Å²) < 4.78 is 31.4. The highest BCUT2D eigenvalue weighted by Crippen LogP contribution is 2.24. The molecule has 104 valence electrons. The third-order valence-corrected chi connectivity index (χ3v) is 3.43. The standard InChI is InChI=1S/C14H10BrF2NO2/c15-13-11(2-1-3-12(13)18)14(19)20-7-8-4-9(16)6-10(17)5-8/h1-6H,7,18H2. The highest BCUT2D eigenvalue weighted by Gasteiger charge is 2.13. The zero-order valence-electron chi connectivity index (χ0n) is 10.2. The van der Waals surface area contributed by atoms with Crippen LogP contribution in [0.2, 0.25) is 0 Å². The van der Waals surface area contributed by atoms with Gasteiger partial charge in [0.1, 0.15) is 18.2 Å². The van der Waals surface area contributed by atoms with Gasteiger partial charge in [0, 0.05) is 11.8 Å². The van der Waals surface area contributed by atoms with Crippen LogP contribution in [0.25, 0.3) is 0 Å². The molecule has 3 nitrogen and oxygen atoms in total. The van der Waals surface area contributed by atoms with E-state index in [2.05, 4.69) is 15.9 Å². The second-order valence-electron chi connectivity index (χ2n) is 4.06. The lowest BCUT2D eigenvalue weighted by molar-refractivity contribution is 0.0471. The first kappa shape index (κ1) is 14.5. The molecule has 0 aromatic heterocycles. The second-order valence-corrected chi connectivity index (χ2v) is 4.86. The third kappa shape index (κ3) is 3.33. The average molecular weight is 342 g/mol. The van der Waals surface area contributed by atoms with Gasteiger partial charge in [-0.1, -0.05) is 6.07 Å². The molecule has 0 heterocycles. The van der Waals surface area contributed by atoms with E-state index in [-0.39, 0.29) is 17.7 Å². The third-order valence-electron chi connectivity index (χ3n) is 2.54. The van der Waals surface area contributed by atoms with Crippen LogP contribution in [-0.2, 0) is 11.3 Å². The van der Waals surface area contributed by atoms with Crippen molar-refractivity contribution in [1.82, 2.24) is 0 Å². The predicted octanol–water partition coefficient (Wildman–Crippen LogP) is 3.67. The van der Waals surface area contributed by atoms with Crippen LogP contribution in [0.5, 0.6) is 0 Å². The monoisotopic (exact) mass is 341 g/mol. The summed E-state index contributed by atoms with van der Waals surface area (Å²) in [5, 5.41) is 0. The molecule has 20 heavy (non-hydrogen) atoms. The van der Waals surface area contributed by atoms with Crippen molar-refractivity contribution in [3.8, 4) is 0 Å². The summed E-state index contributed by atoms with van der Waals surface area (Å²) in [7, 11) is 0. The molecule has 0 saturated carbocycles. The van der Waals surface area contributed by atoms with Gasteiger partial charge in [0.15, 0.2) is 0 Å². The SMILES string of the molecule is Nc1cccc(C(=O)OCc2cc(F)cc(F)c2)c1Br. The Morgan fingerprint density at radius 3 is 2.50 bits per heavy atom. The van der Waals surface area contributed by atoms with Crippen molar-refractivity contribution >= 4 is 27.6 Å². The Bertz CT molecular complexity index is 641.